The number of hydrazine groups is 2. The lowest BCUT2D eigenvalue weighted by atomic mass is 9.95. The molecule has 1 rings (SSSR count). The molecule has 0 heterocycles. The quantitative estimate of drug-likeness (QED) is 0.339. The maximum atomic E-state index is 11.6. The highest BCUT2D eigenvalue weighted by molar-refractivity contribution is 6.30. The van der Waals surface area contributed by atoms with E-state index in [1.165, 1.54) is 0 Å². The molecule has 6 N–H and O–H groups in total. The number of rotatable bonds is 4. The minimum absolute atomic E-state index is 0.0973. The van der Waals surface area contributed by atoms with Crippen LogP contribution >= 0.6 is 11.6 Å². The third-order valence-electron chi connectivity index (χ3n) is 2.26. The van der Waals surface area contributed by atoms with Crippen molar-refractivity contribution in [1.82, 2.24) is 10.9 Å². The van der Waals surface area contributed by atoms with E-state index in [-0.39, 0.29) is 6.42 Å². The first-order valence-electron chi connectivity index (χ1n) is 4.84. The molecule has 0 aliphatic carbocycles. The van der Waals surface area contributed by atoms with E-state index in [0.717, 1.165) is 0 Å². The fourth-order valence-corrected chi connectivity index (χ4v) is 1.63. The normalized spacial score (nSPS) is 11.7. The first-order valence-corrected chi connectivity index (χ1v) is 5.21. The van der Waals surface area contributed by atoms with Gasteiger partial charge in [-0.3, -0.25) is 20.4 Å². The van der Waals surface area contributed by atoms with E-state index in [1.54, 1.807) is 24.3 Å². The van der Waals surface area contributed by atoms with E-state index in [9.17, 15) is 9.59 Å². The van der Waals surface area contributed by atoms with Gasteiger partial charge in [-0.1, -0.05) is 23.7 Å². The summed E-state index contributed by atoms with van der Waals surface area (Å²) >= 11 is 5.82. The SMILES string of the molecule is NNC(=O)C[C@@H](C(=O)NN)c1cccc(Cl)c1. The molecule has 0 saturated carbocycles. The van der Waals surface area contributed by atoms with Crippen molar-refractivity contribution in [3.8, 4) is 0 Å². The van der Waals surface area contributed by atoms with Crippen molar-refractivity contribution in [2.24, 2.45) is 11.7 Å². The van der Waals surface area contributed by atoms with Crippen LogP contribution in [-0.2, 0) is 9.59 Å². The van der Waals surface area contributed by atoms with Gasteiger partial charge in [0.15, 0.2) is 0 Å². The number of nitrogens with two attached hydrogens (primary N) is 2. The van der Waals surface area contributed by atoms with Gasteiger partial charge >= 0.3 is 0 Å². The summed E-state index contributed by atoms with van der Waals surface area (Å²) in [6.45, 7) is 0. The van der Waals surface area contributed by atoms with Crippen LogP contribution in [0.25, 0.3) is 0 Å². The molecule has 0 spiro atoms. The van der Waals surface area contributed by atoms with Crippen LogP contribution < -0.4 is 22.5 Å². The number of carbonyl (C=O) groups is 2. The van der Waals surface area contributed by atoms with Gasteiger partial charge in [-0.2, -0.15) is 0 Å². The highest BCUT2D eigenvalue weighted by atomic mass is 35.5. The van der Waals surface area contributed by atoms with E-state index in [2.05, 4.69) is 0 Å². The monoisotopic (exact) mass is 256 g/mol. The van der Waals surface area contributed by atoms with Crippen molar-refractivity contribution < 1.29 is 9.59 Å². The van der Waals surface area contributed by atoms with Gasteiger partial charge in [0, 0.05) is 11.4 Å². The predicted octanol–water partition coefficient (Wildman–Crippen LogP) is -0.206. The van der Waals surface area contributed by atoms with Crippen molar-refractivity contribution in [1.29, 1.82) is 0 Å². The Bertz CT molecular complexity index is 425. The molecule has 6 nitrogen and oxygen atoms in total. The highest BCUT2D eigenvalue weighted by Crippen LogP contribution is 2.22. The molecule has 0 aromatic heterocycles. The standard InChI is InChI=1S/C10H13ClN4O2/c11-7-3-1-2-6(4-7)8(10(17)15-13)5-9(16)14-12/h1-4,8H,5,12-13H2,(H,14,16)(H,15,17)/t8-/m1/s1. The summed E-state index contributed by atoms with van der Waals surface area (Å²) in [6, 6.07) is 6.65. The summed E-state index contributed by atoms with van der Waals surface area (Å²) in [4.78, 5) is 22.8. The Morgan fingerprint density at radius 3 is 2.53 bits per heavy atom. The van der Waals surface area contributed by atoms with E-state index in [4.69, 9.17) is 23.3 Å². The maximum Gasteiger partial charge on any atom is 0.241 e. The van der Waals surface area contributed by atoms with E-state index < -0.39 is 17.7 Å². The Kier molecular flexibility index (Phi) is 4.89. The fraction of sp³-hybridized carbons (Fsp3) is 0.200. The lowest BCUT2D eigenvalue weighted by Crippen LogP contribution is -2.38. The Morgan fingerprint density at radius 1 is 1.29 bits per heavy atom. The summed E-state index contributed by atoms with van der Waals surface area (Å²) < 4.78 is 0. The number of carbonyl (C=O) groups excluding carboxylic acids is 2. The lowest BCUT2D eigenvalue weighted by molar-refractivity contribution is -0.127. The zero-order valence-electron chi connectivity index (χ0n) is 8.94. The van der Waals surface area contributed by atoms with Crippen LogP contribution in [0, 0.1) is 0 Å². The zero-order chi connectivity index (χ0) is 12.8. The fourth-order valence-electron chi connectivity index (χ4n) is 1.43. The molecule has 0 aliphatic heterocycles. The van der Waals surface area contributed by atoms with Gasteiger partial charge in [0.25, 0.3) is 0 Å². The molecule has 0 fully saturated rings. The molecule has 1 aromatic carbocycles. The molecule has 0 bridgehead atoms. The summed E-state index contributed by atoms with van der Waals surface area (Å²) in [5.41, 5.74) is 4.58. The highest BCUT2D eigenvalue weighted by Gasteiger charge is 2.23. The summed E-state index contributed by atoms with van der Waals surface area (Å²) in [6.07, 6.45) is -0.0973. The van der Waals surface area contributed by atoms with Gasteiger partial charge in [0.1, 0.15) is 0 Å². The van der Waals surface area contributed by atoms with Gasteiger partial charge in [-0.25, -0.2) is 11.7 Å². The second-order valence-electron chi connectivity index (χ2n) is 3.39. The average Bonchev–Trinajstić information content (AvgIpc) is 2.34. The molecule has 2 amide bonds. The molecular formula is C10H13ClN4O2. The molecule has 0 aliphatic rings. The smallest absolute Gasteiger partial charge is 0.241 e. The van der Waals surface area contributed by atoms with Crippen molar-refractivity contribution >= 4 is 23.4 Å². The molecule has 0 saturated heterocycles. The Labute approximate surface area is 103 Å². The first-order chi connectivity index (χ1) is 8.08. The van der Waals surface area contributed by atoms with Gasteiger partial charge in [-0.15, -0.1) is 0 Å². The average molecular weight is 257 g/mol. The third kappa shape index (κ3) is 3.70. The lowest BCUT2D eigenvalue weighted by Gasteiger charge is -2.14. The van der Waals surface area contributed by atoms with Crippen LogP contribution in [0.4, 0.5) is 0 Å². The predicted molar refractivity (Wildman–Crippen MR) is 63.5 cm³/mol. The van der Waals surface area contributed by atoms with Crippen molar-refractivity contribution in [2.75, 3.05) is 0 Å². The molecule has 1 aromatic rings. The molecule has 0 unspecified atom stereocenters. The number of hydrogen-bond acceptors (Lipinski definition) is 4. The van der Waals surface area contributed by atoms with Crippen LogP contribution in [0.5, 0.6) is 0 Å². The van der Waals surface area contributed by atoms with Crippen LogP contribution in [0.1, 0.15) is 17.9 Å². The van der Waals surface area contributed by atoms with E-state index in [1.807, 2.05) is 10.9 Å². The molecular weight excluding hydrogens is 244 g/mol. The van der Waals surface area contributed by atoms with Crippen molar-refractivity contribution in [2.45, 2.75) is 12.3 Å². The van der Waals surface area contributed by atoms with Crippen LogP contribution in [0.15, 0.2) is 24.3 Å². The summed E-state index contributed by atoms with van der Waals surface area (Å²) in [5, 5.41) is 0.477. The van der Waals surface area contributed by atoms with Gasteiger partial charge < -0.3 is 0 Å². The number of hydrogen-bond donors (Lipinski definition) is 4. The second-order valence-corrected chi connectivity index (χ2v) is 3.82. The largest absolute Gasteiger partial charge is 0.294 e. The van der Waals surface area contributed by atoms with Crippen LogP contribution in [0.2, 0.25) is 5.02 Å². The molecule has 92 valence electrons. The molecule has 7 heteroatoms. The van der Waals surface area contributed by atoms with E-state index >= 15 is 0 Å². The molecule has 17 heavy (non-hydrogen) atoms. The van der Waals surface area contributed by atoms with Crippen LogP contribution in [-0.4, -0.2) is 11.8 Å². The van der Waals surface area contributed by atoms with Crippen LogP contribution in [0.3, 0.4) is 0 Å². The van der Waals surface area contributed by atoms with Gasteiger partial charge in [0.2, 0.25) is 11.8 Å². The van der Waals surface area contributed by atoms with E-state index in [0.29, 0.717) is 10.6 Å². The van der Waals surface area contributed by atoms with Gasteiger partial charge in [0.05, 0.1) is 5.92 Å². The zero-order valence-corrected chi connectivity index (χ0v) is 9.70. The second kappa shape index (κ2) is 6.19. The third-order valence-corrected chi connectivity index (χ3v) is 2.50. The van der Waals surface area contributed by atoms with Crippen molar-refractivity contribution in [3.05, 3.63) is 34.9 Å². The summed E-state index contributed by atoms with van der Waals surface area (Å²) in [5.74, 6) is 8.40. The topological polar surface area (TPSA) is 110 Å². The van der Waals surface area contributed by atoms with Gasteiger partial charge in [-0.05, 0) is 17.7 Å². The number of nitrogens with one attached hydrogen (secondary N) is 2. The summed E-state index contributed by atoms with van der Waals surface area (Å²) in [7, 11) is 0. The number of halogens is 1. The minimum Gasteiger partial charge on any atom is -0.294 e. The molecule has 0 radical (unpaired) electrons. The first kappa shape index (κ1) is 13.4. The maximum absolute atomic E-state index is 11.6. The minimum atomic E-state index is -0.720. The number of benzene rings is 1. The Balaban J connectivity index is 2.97. The molecule has 1 atom stereocenters. The Hall–Kier alpha value is -1.63. The Morgan fingerprint density at radius 2 is 2.00 bits per heavy atom. The van der Waals surface area contributed by atoms with Crippen molar-refractivity contribution in [3.63, 3.8) is 0 Å². The number of amides is 2.